The van der Waals surface area contributed by atoms with Crippen molar-refractivity contribution in [1.82, 2.24) is 14.7 Å². The number of carbonyl (C=O) groups is 2. The molecule has 4 fully saturated rings. The predicted octanol–water partition coefficient (Wildman–Crippen LogP) is 2.86. The van der Waals surface area contributed by atoms with Gasteiger partial charge in [-0.25, -0.2) is 0 Å². The molecule has 4 atom stereocenters. The highest BCUT2D eigenvalue weighted by molar-refractivity contribution is 5.79. The number of hydrogen-bond acceptors (Lipinski definition) is 7. The van der Waals surface area contributed by atoms with E-state index in [0.717, 1.165) is 51.3 Å². The summed E-state index contributed by atoms with van der Waals surface area (Å²) in [5.41, 5.74) is 1.18. The minimum Gasteiger partial charge on any atom is -0.497 e. The fourth-order valence-corrected chi connectivity index (χ4v) is 7.46. The van der Waals surface area contributed by atoms with E-state index in [2.05, 4.69) is 31.7 Å². The van der Waals surface area contributed by atoms with Crippen molar-refractivity contribution in [2.24, 2.45) is 11.8 Å². The van der Waals surface area contributed by atoms with Gasteiger partial charge in [0.05, 0.1) is 20.8 Å². The van der Waals surface area contributed by atoms with Crippen molar-refractivity contribution < 1.29 is 19.1 Å². The zero-order valence-electron chi connectivity index (χ0n) is 22.6. The lowest BCUT2D eigenvalue weighted by Gasteiger charge is -2.57. The van der Waals surface area contributed by atoms with Crippen LogP contribution < -0.4 is 9.64 Å². The van der Waals surface area contributed by atoms with E-state index in [0.29, 0.717) is 30.8 Å². The van der Waals surface area contributed by atoms with Crippen LogP contribution in [0.2, 0.25) is 0 Å². The molecule has 8 heteroatoms. The highest BCUT2D eigenvalue weighted by Gasteiger charge is 2.49. The normalized spacial score (nSPS) is 28.5. The van der Waals surface area contributed by atoms with Gasteiger partial charge in [0.2, 0.25) is 5.91 Å². The van der Waals surface area contributed by atoms with Crippen molar-refractivity contribution in [2.75, 3.05) is 71.5 Å². The molecule has 4 aliphatic heterocycles. The van der Waals surface area contributed by atoms with E-state index in [4.69, 9.17) is 9.47 Å². The highest BCUT2D eigenvalue weighted by Crippen LogP contribution is 2.43. The molecule has 4 unspecified atom stereocenters. The number of amides is 1. The maximum absolute atomic E-state index is 13.8. The third kappa shape index (κ3) is 5.90. The standard InChI is InChI=1S/C29H44N4O4/c1-36-24-9-3-8-23(19-24)31-17-15-30(16-18-31)21-27(34)33-20-22-7-5-13-32-14-6-10-25(29(22)32)26(33)11-4-12-28(35)37-2/h3,8-9,19,22,25-26,29H,4-7,10-18,20-21H2,1-2H3. The summed E-state index contributed by atoms with van der Waals surface area (Å²) in [4.78, 5) is 35.3. The Labute approximate surface area is 221 Å². The molecular weight excluding hydrogens is 468 g/mol. The van der Waals surface area contributed by atoms with Crippen molar-refractivity contribution in [3.63, 3.8) is 0 Å². The third-order valence-corrected chi connectivity index (χ3v) is 9.25. The minimum absolute atomic E-state index is 0.150. The van der Waals surface area contributed by atoms with Crippen molar-refractivity contribution in [1.29, 1.82) is 0 Å². The number of hydrogen-bond donors (Lipinski definition) is 0. The fourth-order valence-electron chi connectivity index (χ4n) is 7.46. The summed E-state index contributed by atoms with van der Waals surface area (Å²) < 4.78 is 10.3. The van der Waals surface area contributed by atoms with Crippen LogP contribution in [0.1, 0.15) is 44.9 Å². The number of anilines is 1. The molecule has 4 heterocycles. The molecular formula is C29H44N4O4. The Morgan fingerprint density at radius 2 is 1.78 bits per heavy atom. The van der Waals surface area contributed by atoms with Crippen molar-refractivity contribution >= 4 is 17.6 Å². The Hall–Kier alpha value is -2.32. The number of piperidine rings is 3. The Morgan fingerprint density at radius 3 is 2.54 bits per heavy atom. The Balaban J connectivity index is 1.23. The van der Waals surface area contributed by atoms with Crippen molar-refractivity contribution in [3.05, 3.63) is 24.3 Å². The van der Waals surface area contributed by atoms with Gasteiger partial charge in [0.1, 0.15) is 5.75 Å². The van der Waals surface area contributed by atoms with Crippen LogP contribution in [-0.2, 0) is 14.3 Å². The van der Waals surface area contributed by atoms with E-state index in [9.17, 15) is 9.59 Å². The van der Waals surface area contributed by atoms with Gasteiger partial charge in [-0.1, -0.05) is 6.07 Å². The van der Waals surface area contributed by atoms with E-state index < -0.39 is 0 Å². The molecule has 8 nitrogen and oxygen atoms in total. The molecule has 1 amide bonds. The fraction of sp³-hybridized carbons (Fsp3) is 0.724. The number of methoxy groups -OCH3 is 2. The van der Waals surface area contributed by atoms with Crippen molar-refractivity contribution in [2.45, 2.75) is 57.0 Å². The smallest absolute Gasteiger partial charge is 0.305 e. The van der Waals surface area contributed by atoms with Crippen LogP contribution in [-0.4, -0.2) is 105 Å². The van der Waals surface area contributed by atoms with Crippen LogP contribution in [0.5, 0.6) is 5.75 Å². The summed E-state index contributed by atoms with van der Waals surface area (Å²) >= 11 is 0. The first-order valence-corrected chi connectivity index (χ1v) is 14.3. The van der Waals surface area contributed by atoms with Crippen LogP contribution >= 0.6 is 0 Å². The number of esters is 1. The number of nitrogens with zero attached hydrogens (tertiary/aromatic N) is 4. The van der Waals surface area contributed by atoms with Crippen LogP contribution in [0.25, 0.3) is 0 Å². The molecule has 0 N–H and O–H groups in total. The maximum Gasteiger partial charge on any atom is 0.305 e. The van der Waals surface area contributed by atoms with Crippen LogP contribution in [0.4, 0.5) is 5.69 Å². The molecule has 1 aromatic rings. The lowest BCUT2D eigenvalue weighted by molar-refractivity contribution is -0.147. The average Bonchev–Trinajstić information content (AvgIpc) is 2.94. The van der Waals surface area contributed by atoms with Gasteiger partial charge in [0.25, 0.3) is 0 Å². The molecule has 4 aliphatic rings. The van der Waals surface area contributed by atoms with E-state index in [1.54, 1.807) is 7.11 Å². The van der Waals surface area contributed by atoms with Gasteiger partial charge in [-0.3, -0.25) is 19.4 Å². The van der Waals surface area contributed by atoms with Gasteiger partial charge >= 0.3 is 5.97 Å². The largest absolute Gasteiger partial charge is 0.497 e. The highest BCUT2D eigenvalue weighted by atomic mass is 16.5. The van der Waals surface area contributed by atoms with Gasteiger partial charge in [-0.15, -0.1) is 0 Å². The van der Waals surface area contributed by atoms with E-state index in [1.807, 2.05) is 12.1 Å². The molecule has 37 heavy (non-hydrogen) atoms. The van der Waals surface area contributed by atoms with Crippen LogP contribution in [0.3, 0.4) is 0 Å². The first-order valence-electron chi connectivity index (χ1n) is 14.3. The molecule has 1 aromatic carbocycles. The summed E-state index contributed by atoms with van der Waals surface area (Å²) in [7, 11) is 3.16. The lowest BCUT2D eigenvalue weighted by Crippen LogP contribution is -2.66. The van der Waals surface area contributed by atoms with Gasteiger partial charge < -0.3 is 19.3 Å². The van der Waals surface area contributed by atoms with Gasteiger partial charge in [0, 0.05) is 63.0 Å². The second-order valence-corrected chi connectivity index (χ2v) is 11.3. The maximum atomic E-state index is 13.8. The minimum atomic E-state index is -0.150. The first kappa shape index (κ1) is 26.3. The Kier molecular flexibility index (Phi) is 8.55. The Bertz CT molecular complexity index is 932. The Morgan fingerprint density at radius 1 is 1.00 bits per heavy atom. The number of carbonyl (C=O) groups excluding carboxylic acids is 2. The van der Waals surface area contributed by atoms with Crippen LogP contribution in [0, 0.1) is 11.8 Å². The van der Waals surface area contributed by atoms with E-state index in [1.165, 1.54) is 51.6 Å². The summed E-state index contributed by atoms with van der Waals surface area (Å²) in [5, 5.41) is 0. The summed E-state index contributed by atoms with van der Waals surface area (Å²) in [6.07, 6.45) is 7.01. The second kappa shape index (κ2) is 12.0. The van der Waals surface area contributed by atoms with Gasteiger partial charge in [-0.05, 0) is 75.6 Å². The lowest BCUT2D eigenvalue weighted by atomic mass is 9.69. The SMILES string of the molecule is COC(=O)CCCC1C2CCCN3CCCC(CN1C(=O)CN1CCN(c4cccc(OC)c4)CC1)C23. The number of likely N-dealkylation sites (tertiary alicyclic amines) is 1. The molecule has 0 saturated carbocycles. The third-order valence-electron chi connectivity index (χ3n) is 9.25. The van der Waals surface area contributed by atoms with Gasteiger partial charge in [-0.2, -0.15) is 0 Å². The number of rotatable bonds is 8. The molecule has 0 aromatic heterocycles. The summed E-state index contributed by atoms with van der Waals surface area (Å²) in [6.45, 7) is 7.36. The van der Waals surface area contributed by atoms with E-state index in [-0.39, 0.29) is 17.9 Å². The topological polar surface area (TPSA) is 65.6 Å². The summed E-state index contributed by atoms with van der Waals surface area (Å²) in [6, 6.07) is 9.07. The number of piperazine rings is 1. The molecule has 0 aliphatic carbocycles. The van der Waals surface area contributed by atoms with Crippen molar-refractivity contribution in [3.8, 4) is 5.75 Å². The summed E-state index contributed by atoms with van der Waals surface area (Å²) in [5.74, 6) is 2.12. The van der Waals surface area contributed by atoms with Crippen LogP contribution in [0.15, 0.2) is 24.3 Å². The first-order chi connectivity index (χ1) is 18.1. The molecule has 0 bridgehead atoms. The number of ether oxygens (including phenoxy) is 2. The molecule has 5 rings (SSSR count). The zero-order chi connectivity index (χ0) is 25.8. The quantitative estimate of drug-likeness (QED) is 0.496. The molecule has 4 saturated heterocycles. The second-order valence-electron chi connectivity index (χ2n) is 11.3. The molecule has 0 radical (unpaired) electrons. The predicted molar refractivity (Wildman–Crippen MR) is 144 cm³/mol. The molecule has 204 valence electrons. The monoisotopic (exact) mass is 512 g/mol. The average molecular weight is 513 g/mol. The number of benzene rings is 1. The van der Waals surface area contributed by atoms with E-state index >= 15 is 0 Å². The van der Waals surface area contributed by atoms with Gasteiger partial charge in [0.15, 0.2) is 0 Å². The zero-order valence-corrected chi connectivity index (χ0v) is 22.6. The molecule has 0 spiro atoms.